The first-order valence-electron chi connectivity index (χ1n) is 7.64. The van der Waals surface area contributed by atoms with Gasteiger partial charge in [0.15, 0.2) is 0 Å². The highest BCUT2D eigenvalue weighted by Crippen LogP contribution is 2.48. The highest BCUT2D eigenvalue weighted by molar-refractivity contribution is 5.52. The van der Waals surface area contributed by atoms with E-state index in [4.69, 9.17) is 0 Å². The van der Waals surface area contributed by atoms with E-state index in [1.165, 1.54) is 51.3 Å². The Morgan fingerprint density at radius 2 is 1.79 bits per heavy atom. The molecule has 3 aliphatic heterocycles. The van der Waals surface area contributed by atoms with Gasteiger partial charge < -0.3 is 15.5 Å². The fourth-order valence-corrected chi connectivity index (χ4v) is 4.64. The molecule has 2 unspecified atom stereocenters. The highest BCUT2D eigenvalue weighted by atomic mass is 15.3. The van der Waals surface area contributed by atoms with Gasteiger partial charge in [-0.3, -0.25) is 0 Å². The molecule has 4 rings (SSSR count). The summed E-state index contributed by atoms with van der Waals surface area (Å²) >= 11 is 0. The first kappa shape index (κ1) is 11.7. The second-order valence-corrected chi connectivity index (χ2v) is 6.32. The van der Waals surface area contributed by atoms with Crippen molar-refractivity contribution in [3.8, 4) is 0 Å². The molecule has 3 aliphatic rings. The van der Waals surface area contributed by atoms with Gasteiger partial charge in [-0.2, -0.15) is 0 Å². The van der Waals surface area contributed by atoms with Crippen LogP contribution in [0.1, 0.15) is 12.8 Å². The van der Waals surface area contributed by atoms with Crippen LogP contribution in [-0.2, 0) is 0 Å². The van der Waals surface area contributed by atoms with Crippen LogP contribution in [-0.4, -0.2) is 38.3 Å². The third-order valence-corrected chi connectivity index (χ3v) is 5.52. The molecular formula is C16H23N3. The van der Waals surface area contributed by atoms with Crippen molar-refractivity contribution in [2.75, 3.05) is 37.6 Å². The van der Waals surface area contributed by atoms with Gasteiger partial charge in [-0.05, 0) is 44.0 Å². The number of piperidine rings is 1. The van der Waals surface area contributed by atoms with Gasteiger partial charge in [0.2, 0.25) is 0 Å². The lowest BCUT2D eigenvalue weighted by atomic mass is 9.75. The second kappa shape index (κ2) is 4.50. The van der Waals surface area contributed by atoms with E-state index in [1.54, 1.807) is 0 Å². The maximum absolute atomic E-state index is 3.62. The summed E-state index contributed by atoms with van der Waals surface area (Å²) in [5, 5.41) is 7.16. The van der Waals surface area contributed by atoms with Gasteiger partial charge in [0.1, 0.15) is 0 Å². The first-order chi connectivity index (χ1) is 9.40. The number of para-hydroxylation sites is 1. The van der Waals surface area contributed by atoms with Crippen molar-refractivity contribution in [2.24, 2.45) is 11.8 Å². The SMILES string of the molecule is c1ccc(N2CC3CNCC3C23CCNCC3)cc1. The molecule has 3 heterocycles. The monoisotopic (exact) mass is 257 g/mol. The summed E-state index contributed by atoms with van der Waals surface area (Å²) in [6.07, 6.45) is 2.59. The Bertz CT molecular complexity index is 439. The van der Waals surface area contributed by atoms with Gasteiger partial charge >= 0.3 is 0 Å². The Morgan fingerprint density at radius 3 is 2.58 bits per heavy atom. The molecule has 2 atom stereocenters. The zero-order chi connectivity index (χ0) is 12.7. The standard InChI is InChI=1S/C16H23N3/c1-2-4-14(5-3-1)19-12-13-10-18-11-15(13)16(19)6-8-17-9-7-16/h1-5,13,15,17-18H,6-12H2. The van der Waals surface area contributed by atoms with E-state index in [-0.39, 0.29) is 0 Å². The number of hydrogen-bond acceptors (Lipinski definition) is 3. The predicted octanol–water partition coefficient (Wildman–Crippen LogP) is 1.46. The van der Waals surface area contributed by atoms with Crippen molar-refractivity contribution in [3.63, 3.8) is 0 Å². The summed E-state index contributed by atoms with van der Waals surface area (Å²) in [6.45, 7) is 6.01. The van der Waals surface area contributed by atoms with Crippen molar-refractivity contribution in [1.29, 1.82) is 0 Å². The Balaban J connectivity index is 1.73. The second-order valence-electron chi connectivity index (χ2n) is 6.32. The largest absolute Gasteiger partial charge is 0.365 e. The number of anilines is 1. The quantitative estimate of drug-likeness (QED) is 0.798. The molecule has 3 nitrogen and oxygen atoms in total. The lowest BCUT2D eigenvalue weighted by Crippen LogP contribution is -2.55. The molecule has 0 radical (unpaired) electrons. The molecule has 3 fully saturated rings. The van der Waals surface area contributed by atoms with Crippen LogP contribution in [0.3, 0.4) is 0 Å². The molecule has 2 N–H and O–H groups in total. The van der Waals surface area contributed by atoms with Crippen LogP contribution >= 0.6 is 0 Å². The predicted molar refractivity (Wildman–Crippen MR) is 78.5 cm³/mol. The number of nitrogens with one attached hydrogen (secondary N) is 2. The van der Waals surface area contributed by atoms with E-state index in [9.17, 15) is 0 Å². The molecular weight excluding hydrogens is 234 g/mol. The fraction of sp³-hybridized carbons (Fsp3) is 0.625. The average Bonchev–Trinajstić information content (AvgIpc) is 3.04. The van der Waals surface area contributed by atoms with Crippen LogP contribution in [0.25, 0.3) is 0 Å². The lowest BCUT2D eigenvalue weighted by Gasteiger charge is -2.46. The van der Waals surface area contributed by atoms with Crippen LogP contribution in [0.2, 0.25) is 0 Å². The van der Waals surface area contributed by atoms with Crippen molar-refractivity contribution < 1.29 is 0 Å². The zero-order valence-electron chi connectivity index (χ0n) is 11.4. The third kappa shape index (κ3) is 1.72. The minimum Gasteiger partial charge on any atom is -0.365 e. The summed E-state index contributed by atoms with van der Waals surface area (Å²) in [5.74, 6) is 1.69. The molecule has 0 bridgehead atoms. The molecule has 0 aromatic heterocycles. The van der Waals surface area contributed by atoms with Gasteiger partial charge in [0.05, 0.1) is 0 Å². The van der Waals surface area contributed by atoms with E-state index < -0.39 is 0 Å². The van der Waals surface area contributed by atoms with Crippen LogP contribution in [0.4, 0.5) is 5.69 Å². The summed E-state index contributed by atoms with van der Waals surface area (Å²) in [4.78, 5) is 2.74. The van der Waals surface area contributed by atoms with Crippen molar-refractivity contribution >= 4 is 5.69 Å². The molecule has 0 saturated carbocycles. The van der Waals surface area contributed by atoms with Gasteiger partial charge in [-0.1, -0.05) is 18.2 Å². The van der Waals surface area contributed by atoms with Gasteiger partial charge in [-0.25, -0.2) is 0 Å². The molecule has 1 aromatic rings. The maximum atomic E-state index is 3.62. The summed E-state index contributed by atoms with van der Waals surface area (Å²) in [7, 11) is 0. The summed E-state index contributed by atoms with van der Waals surface area (Å²) in [5.41, 5.74) is 1.83. The molecule has 19 heavy (non-hydrogen) atoms. The third-order valence-electron chi connectivity index (χ3n) is 5.52. The van der Waals surface area contributed by atoms with E-state index in [0.29, 0.717) is 5.54 Å². The Hall–Kier alpha value is -1.06. The molecule has 1 spiro atoms. The Labute approximate surface area is 115 Å². The average molecular weight is 257 g/mol. The number of benzene rings is 1. The number of hydrogen-bond donors (Lipinski definition) is 2. The molecule has 102 valence electrons. The van der Waals surface area contributed by atoms with Crippen molar-refractivity contribution in [2.45, 2.75) is 18.4 Å². The molecule has 0 aliphatic carbocycles. The van der Waals surface area contributed by atoms with Crippen molar-refractivity contribution in [1.82, 2.24) is 10.6 Å². The van der Waals surface area contributed by atoms with Gasteiger partial charge in [0.25, 0.3) is 0 Å². The molecule has 0 amide bonds. The Morgan fingerprint density at radius 1 is 1.00 bits per heavy atom. The molecule has 3 heteroatoms. The minimum atomic E-state index is 0.404. The Kier molecular flexibility index (Phi) is 2.78. The maximum Gasteiger partial charge on any atom is 0.0470 e. The topological polar surface area (TPSA) is 27.3 Å². The van der Waals surface area contributed by atoms with Crippen LogP contribution in [0.5, 0.6) is 0 Å². The first-order valence-corrected chi connectivity index (χ1v) is 7.64. The zero-order valence-corrected chi connectivity index (χ0v) is 11.4. The van der Waals surface area contributed by atoms with E-state index in [1.807, 2.05) is 0 Å². The minimum absolute atomic E-state index is 0.404. The lowest BCUT2D eigenvalue weighted by molar-refractivity contribution is 0.231. The normalized spacial score (nSPS) is 32.7. The number of fused-ring (bicyclic) bond motifs is 2. The van der Waals surface area contributed by atoms with Crippen LogP contribution < -0.4 is 15.5 Å². The van der Waals surface area contributed by atoms with E-state index in [0.717, 1.165) is 11.8 Å². The van der Waals surface area contributed by atoms with Crippen LogP contribution in [0, 0.1) is 11.8 Å². The van der Waals surface area contributed by atoms with Crippen LogP contribution in [0.15, 0.2) is 30.3 Å². The van der Waals surface area contributed by atoms with Gasteiger partial charge in [-0.15, -0.1) is 0 Å². The number of rotatable bonds is 1. The number of nitrogens with zero attached hydrogens (tertiary/aromatic N) is 1. The van der Waals surface area contributed by atoms with E-state index >= 15 is 0 Å². The molecule has 3 saturated heterocycles. The van der Waals surface area contributed by atoms with Crippen molar-refractivity contribution in [3.05, 3.63) is 30.3 Å². The highest BCUT2D eigenvalue weighted by Gasteiger charge is 2.55. The fourth-order valence-electron chi connectivity index (χ4n) is 4.64. The summed E-state index contributed by atoms with van der Waals surface area (Å²) in [6, 6.07) is 11.1. The van der Waals surface area contributed by atoms with Gasteiger partial charge in [0, 0.05) is 36.8 Å². The van der Waals surface area contributed by atoms with E-state index in [2.05, 4.69) is 45.9 Å². The summed E-state index contributed by atoms with van der Waals surface area (Å²) < 4.78 is 0. The molecule has 1 aromatic carbocycles. The smallest absolute Gasteiger partial charge is 0.0470 e.